The van der Waals surface area contributed by atoms with Gasteiger partial charge in [-0.15, -0.1) is 0 Å². The van der Waals surface area contributed by atoms with Crippen LogP contribution in [0.1, 0.15) is 22.3 Å². The van der Waals surface area contributed by atoms with Gasteiger partial charge in [0, 0.05) is 47.6 Å². The van der Waals surface area contributed by atoms with Gasteiger partial charge >= 0.3 is 0 Å². The van der Waals surface area contributed by atoms with Crippen LogP contribution < -0.4 is 20.9 Å². The summed E-state index contributed by atoms with van der Waals surface area (Å²) in [4.78, 5) is 29.4. The molecule has 5 rings (SSSR count). The van der Waals surface area contributed by atoms with Crippen molar-refractivity contribution in [2.75, 3.05) is 25.6 Å². The van der Waals surface area contributed by atoms with Crippen LogP contribution in [-0.2, 0) is 11.3 Å². The number of ether oxygens (including phenoxy) is 2. The zero-order chi connectivity index (χ0) is 28.9. The van der Waals surface area contributed by atoms with Crippen LogP contribution in [0.15, 0.2) is 65.6 Å². The summed E-state index contributed by atoms with van der Waals surface area (Å²) in [6.45, 7) is 1.37. The number of aromatic nitrogens is 3. The topological polar surface area (TPSA) is 138 Å². The number of anilines is 1. The molecule has 2 aromatic heterocycles. The monoisotopic (exact) mass is 595 g/mol. The Kier molecular flexibility index (Phi) is 8.96. The molecule has 1 fully saturated rings. The fourth-order valence-corrected chi connectivity index (χ4v) is 5.22. The molecule has 4 aromatic rings. The largest absolute Gasteiger partial charge is 0.481 e. The summed E-state index contributed by atoms with van der Waals surface area (Å²) in [7, 11) is 1.55. The molecule has 1 saturated heterocycles. The molecule has 0 radical (unpaired) electrons. The van der Waals surface area contributed by atoms with E-state index in [2.05, 4.69) is 20.8 Å². The van der Waals surface area contributed by atoms with Gasteiger partial charge in [-0.25, -0.2) is 10.1 Å². The average molecular weight is 596 g/mol. The summed E-state index contributed by atoms with van der Waals surface area (Å²) in [6, 6.07) is 15.7. The minimum absolute atomic E-state index is 0.0741. The van der Waals surface area contributed by atoms with Crippen molar-refractivity contribution in [2.24, 2.45) is 0 Å². The number of rotatable bonds is 8. The number of halogens is 2. The molecule has 1 aliphatic heterocycles. The lowest BCUT2D eigenvalue weighted by Crippen LogP contribution is -2.46. The van der Waals surface area contributed by atoms with Gasteiger partial charge in [-0.05, 0) is 24.6 Å². The van der Waals surface area contributed by atoms with Crippen LogP contribution in [0.3, 0.4) is 0 Å². The van der Waals surface area contributed by atoms with Crippen LogP contribution >= 0.6 is 23.2 Å². The highest BCUT2D eigenvalue weighted by Crippen LogP contribution is 2.41. The molecule has 0 spiro atoms. The number of carbonyl (C=O) groups is 1. The number of nitrogens with zero attached hydrogens (tertiary/aromatic N) is 2. The van der Waals surface area contributed by atoms with Crippen LogP contribution in [0.4, 0.5) is 5.69 Å². The molecular weight excluding hydrogens is 569 g/mol. The number of aliphatic hydroxyl groups is 1. The van der Waals surface area contributed by atoms with Gasteiger partial charge in [0.1, 0.15) is 5.56 Å². The number of hydrogen-bond donors (Lipinski definition) is 4. The van der Waals surface area contributed by atoms with Crippen molar-refractivity contribution >= 4 is 34.8 Å². The lowest BCUT2D eigenvalue weighted by molar-refractivity contribution is -0.0281. The first kappa shape index (κ1) is 28.7. The second kappa shape index (κ2) is 12.8. The summed E-state index contributed by atoms with van der Waals surface area (Å²) in [6.07, 6.45) is 1.47. The molecule has 41 heavy (non-hydrogen) atoms. The zero-order valence-electron chi connectivity index (χ0n) is 22.0. The number of H-pyrrole nitrogens is 1. The molecule has 4 N–H and O–H groups in total. The number of amides is 1. The highest BCUT2D eigenvalue weighted by atomic mass is 35.5. The fraction of sp³-hybridized carbons (Fsp3) is 0.241. The molecule has 0 saturated carbocycles. The Balaban J connectivity index is 1.41. The van der Waals surface area contributed by atoms with Gasteiger partial charge in [0.05, 0.1) is 41.2 Å². The summed E-state index contributed by atoms with van der Waals surface area (Å²) >= 11 is 13.6. The van der Waals surface area contributed by atoms with Gasteiger partial charge in [0.2, 0.25) is 5.88 Å². The molecule has 3 heterocycles. The van der Waals surface area contributed by atoms with Gasteiger partial charge in [-0.1, -0.05) is 59.6 Å². The Hall–Kier alpha value is -3.80. The molecule has 1 amide bonds. The van der Waals surface area contributed by atoms with Crippen molar-refractivity contribution in [3.8, 4) is 28.3 Å². The van der Waals surface area contributed by atoms with Crippen LogP contribution in [-0.4, -0.2) is 58.7 Å². The molecular formula is C29H27Cl2N5O5. The first-order valence-corrected chi connectivity index (χ1v) is 13.6. The third kappa shape index (κ3) is 6.27. The Morgan fingerprint density at radius 3 is 2.61 bits per heavy atom. The van der Waals surface area contributed by atoms with E-state index < -0.39 is 17.6 Å². The Morgan fingerprint density at radius 1 is 1.10 bits per heavy atom. The second-order valence-electron chi connectivity index (χ2n) is 9.37. The molecule has 0 aliphatic carbocycles. The number of pyridine rings is 1. The van der Waals surface area contributed by atoms with E-state index in [9.17, 15) is 14.7 Å². The number of nitrogens with one attached hydrogen (secondary N) is 3. The predicted octanol–water partition coefficient (Wildman–Crippen LogP) is 4.31. The number of hydrogen-bond acceptors (Lipinski definition) is 8. The summed E-state index contributed by atoms with van der Waals surface area (Å²) < 4.78 is 10.9. The molecule has 2 atom stereocenters. The number of benzene rings is 2. The quantitative estimate of drug-likeness (QED) is 0.236. The first-order valence-electron chi connectivity index (χ1n) is 12.8. The highest BCUT2D eigenvalue weighted by molar-refractivity contribution is 6.39. The minimum atomic E-state index is -0.621. The molecule has 2 unspecified atom stereocenters. The van der Waals surface area contributed by atoms with Gasteiger partial charge in [-0.3, -0.25) is 9.59 Å². The van der Waals surface area contributed by atoms with Crippen LogP contribution in [0.25, 0.3) is 22.4 Å². The smallest absolute Gasteiger partial charge is 0.277 e. The summed E-state index contributed by atoms with van der Waals surface area (Å²) in [5.41, 5.74) is 2.93. The molecule has 1 aliphatic rings. The number of aliphatic hydroxyl groups excluding tert-OH is 1. The third-order valence-electron chi connectivity index (χ3n) is 6.80. The van der Waals surface area contributed by atoms with Gasteiger partial charge in [0.15, 0.2) is 0 Å². The van der Waals surface area contributed by atoms with Crippen LogP contribution in [0.2, 0.25) is 10.0 Å². The standard InChI is InChI=1S/C29H27Cl2N5O5/c1-40-29-16(14-32-22-11-13-41-15-24(22)37)8-9-21(35-29)19-6-2-4-17(25(19)30)18-5-3-7-23(26(18)31)34-27(38)20-10-12-33-36-28(20)39/h2-10,12,22,24,32,37H,11,13-15H2,1H3,(H,34,38)(H,36,39). The normalized spacial score (nSPS) is 16.8. The van der Waals surface area contributed by atoms with Crippen molar-refractivity contribution in [3.63, 3.8) is 0 Å². The highest BCUT2D eigenvalue weighted by Gasteiger charge is 2.24. The summed E-state index contributed by atoms with van der Waals surface area (Å²) in [5, 5.41) is 22.7. The van der Waals surface area contributed by atoms with E-state index in [4.69, 9.17) is 37.7 Å². The van der Waals surface area contributed by atoms with Gasteiger partial charge in [0.25, 0.3) is 11.5 Å². The van der Waals surface area contributed by atoms with E-state index in [0.717, 1.165) is 5.56 Å². The maximum Gasteiger partial charge on any atom is 0.277 e. The van der Waals surface area contributed by atoms with E-state index in [-0.39, 0.29) is 16.6 Å². The lowest BCUT2D eigenvalue weighted by Gasteiger charge is -2.28. The Bertz CT molecular complexity index is 1630. The maximum atomic E-state index is 12.7. The first-order chi connectivity index (χ1) is 19.9. The SMILES string of the molecule is COc1nc(-c2cccc(-c3cccc(NC(=O)c4ccn[nH]c4=O)c3Cl)c2Cl)ccc1CNC1CCOCC1O. The van der Waals surface area contributed by atoms with Crippen molar-refractivity contribution in [1.29, 1.82) is 0 Å². The molecule has 212 valence electrons. The number of methoxy groups -OCH3 is 1. The molecule has 12 heteroatoms. The van der Waals surface area contributed by atoms with Crippen LogP contribution in [0.5, 0.6) is 5.88 Å². The second-order valence-corrected chi connectivity index (χ2v) is 10.1. The van der Waals surface area contributed by atoms with Gasteiger partial charge < -0.3 is 25.2 Å². The van der Waals surface area contributed by atoms with E-state index >= 15 is 0 Å². The zero-order valence-corrected chi connectivity index (χ0v) is 23.5. The minimum Gasteiger partial charge on any atom is -0.481 e. The predicted molar refractivity (Wildman–Crippen MR) is 157 cm³/mol. The van der Waals surface area contributed by atoms with Crippen molar-refractivity contribution in [3.05, 3.63) is 92.3 Å². The average Bonchev–Trinajstić information content (AvgIpc) is 2.98. The third-order valence-corrected chi connectivity index (χ3v) is 7.61. The molecule has 10 nitrogen and oxygen atoms in total. The maximum absolute atomic E-state index is 12.7. The van der Waals surface area contributed by atoms with Crippen molar-refractivity contribution in [2.45, 2.75) is 25.1 Å². The van der Waals surface area contributed by atoms with E-state index in [0.29, 0.717) is 65.2 Å². The van der Waals surface area contributed by atoms with Crippen molar-refractivity contribution < 1.29 is 19.4 Å². The lowest BCUT2D eigenvalue weighted by atomic mass is 10.00. The summed E-state index contributed by atoms with van der Waals surface area (Å²) in [5.74, 6) is -0.184. The number of aromatic amines is 1. The fourth-order valence-electron chi connectivity index (χ4n) is 4.62. The van der Waals surface area contributed by atoms with Gasteiger partial charge in [-0.2, -0.15) is 5.10 Å². The van der Waals surface area contributed by atoms with E-state index in [1.807, 2.05) is 30.3 Å². The van der Waals surface area contributed by atoms with E-state index in [1.165, 1.54) is 12.3 Å². The van der Waals surface area contributed by atoms with Crippen LogP contribution in [0, 0.1) is 0 Å². The van der Waals surface area contributed by atoms with E-state index in [1.54, 1.807) is 25.3 Å². The molecule has 2 aromatic carbocycles. The number of carbonyl (C=O) groups excluding carboxylic acids is 1. The van der Waals surface area contributed by atoms with Crippen molar-refractivity contribution in [1.82, 2.24) is 20.5 Å². The molecule has 0 bridgehead atoms. The Labute approximate surface area is 245 Å². The Morgan fingerprint density at radius 2 is 1.85 bits per heavy atom.